The molecule has 4 heteroatoms. The van der Waals surface area contributed by atoms with Crippen LogP contribution >= 0.6 is 0 Å². The molecule has 0 aromatic carbocycles. The standard InChI is InChI=1S/C7H11F2NO/c8-7(9)5-10-3-1-6(11)2-4-10/h7H,1-5H2. The summed E-state index contributed by atoms with van der Waals surface area (Å²) in [6.07, 6.45) is -1.40. The molecule has 2 nitrogen and oxygen atoms in total. The van der Waals surface area contributed by atoms with E-state index >= 15 is 0 Å². The Kier molecular flexibility index (Phi) is 2.93. The third-order valence-corrected chi connectivity index (χ3v) is 1.81. The Morgan fingerprint density at radius 3 is 2.36 bits per heavy atom. The smallest absolute Gasteiger partial charge is 0.251 e. The number of carbonyl (C=O) groups excluding carboxylic acids is 1. The van der Waals surface area contributed by atoms with Crippen LogP contribution in [0.5, 0.6) is 0 Å². The fourth-order valence-corrected chi connectivity index (χ4v) is 1.18. The number of piperidine rings is 1. The monoisotopic (exact) mass is 163 g/mol. The highest BCUT2D eigenvalue weighted by molar-refractivity contribution is 5.79. The molecule has 0 spiro atoms. The van der Waals surface area contributed by atoms with Crippen LogP contribution < -0.4 is 0 Å². The molecule has 64 valence electrons. The maximum atomic E-state index is 11.8. The summed E-state index contributed by atoms with van der Waals surface area (Å²) in [6.45, 7) is 0.819. The van der Waals surface area contributed by atoms with Gasteiger partial charge in [0.05, 0.1) is 6.54 Å². The molecular weight excluding hydrogens is 152 g/mol. The fourth-order valence-electron chi connectivity index (χ4n) is 1.18. The predicted octanol–water partition coefficient (Wildman–Crippen LogP) is 0.916. The predicted molar refractivity (Wildman–Crippen MR) is 36.7 cm³/mol. The summed E-state index contributed by atoms with van der Waals surface area (Å²) in [5, 5.41) is 0. The number of alkyl halides is 2. The molecule has 0 atom stereocenters. The van der Waals surface area contributed by atoms with Gasteiger partial charge < -0.3 is 0 Å². The van der Waals surface area contributed by atoms with Crippen molar-refractivity contribution >= 4 is 5.78 Å². The molecule has 1 aliphatic heterocycles. The van der Waals surface area contributed by atoms with Crippen LogP contribution in [0.4, 0.5) is 8.78 Å². The van der Waals surface area contributed by atoms with E-state index in [1.807, 2.05) is 0 Å². The summed E-state index contributed by atoms with van der Waals surface area (Å²) >= 11 is 0. The molecule has 1 saturated heterocycles. The van der Waals surface area contributed by atoms with Crippen LogP contribution in [0.2, 0.25) is 0 Å². The highest BCUT2D eigenvalue weighted by Gasteiger charge is 2.18. The number of halogens is 2. The second kappa shape index (κ2) is 3.76. The number of carbonyl (C=O) groups is 1. The lowest BCUT2D eigenvalue weighted by molar-refractivity contribution is -0.121. The van der Waals surface area contributed by atoms with Gasteiger partial charge in [0.15, 0.2) is 0 Å². The maximum Gasteiger partial charge on any atom is 0.251 e. The maximum absolute atomic E-state index is 11.8. The topological polar surface area (TPSA) is 20.3 Å². The SMILES string of the molecule is O=C1CCN(CC(F)F)CC1. The van der Waals surface area contributed by atoms with E-state index in [4.69, 9.17) is 0 Å². The van der Waals surface area contributed by atoms with E-state index in [0.29, 0.717) is 25.9 Å². The lowest BCUT2D eigenvalue weighted by Crippen LogP contribution is -2.36. The van der Waals surface area contributed by atoms with Gasteiger partial charge in [0.1, 0.15) is 5.78 Å². The van der Waals surface area contributed by atoms with Crippen molar-refractivity contribution in [1.29, 1.82) is 0 Å². The summed E-state index contributed by atoms with van der Waals surface area (Å²) in [6, 6.07) is 0. The second-order valence-corrected chi connectivity index (χ2v) is 2.73. The summed E-state index contributed by atoms with van der Waals surface area (Å²) in [7, 11) is 0. The summed E-state index contributed by atoms with van der Waals surface area (Å²) in [5.74, 6) is 0.190. The number of nitrogens with zero attached hydrogens (tertiary/aromatic N) is 1. The normalized spacial score (nSPS) is 21.2. The minimum Gasteiger partial charge on any atom is -0.300 e. The molecule has 0 aromatic rings. The number of likely N-dealkylation sites (tertiary alicyclic amines) is 1. The van der Waals surface area contributed by atoms with Crippen molar-refractivity contribution in [2.45, 2.75) is 19.3 Å². The number of hydrogen-bond acceptors (Lipinski definition) is 2. The highest BCUT2D eigenvalue weighted by atomic mass is 19.3. The van der Waals surface area contributed by atoms with Gasteiger partial charge in [-0.15, -0.1) is 0 Å². The van der Waals surface area contributed by atoms with E-state index in [9.17, 15) is 13.6 Å². The van der Waals surface area contributed by atoms with E-state index in [-0.39, 0.29) is 12.3 Å². The van der Waals surface area contributed by atoms with Gasteiger partial charge in [-0.1, -0.05) is 0 Å². The molecule has 11 heavy (non-hydrogen) atoms. The fraction of sp³-hybridized carbons (Fsp3) is 0.857. The molecule has 0 N–H and O–H groups in total. The van der Waals surface area contributed by atoms with Crippen molar-refractivity contribution in [3.8, 4) is 0 Å². The molecule has 0 aromatic heterocycles. The van der Waals surface area contributed by atoms with Gasteiger partial charge in [-0.25, -0.2) is 8.78 Å². The van der Waals surface area contributed by atoms with Gasteiger partial charge in [-0.3, -0.25) is 9.69 Å². The third kappa shape index (κ3) is 2.93. The third-order valence-electron chi connectivity index (χ3n) is 1.81. The van der Waals surface area contributed by atoms with Gasteiger partial charge in [0.25, 0.3) is 6.43 Å². The van der Waals surface area contributed by atoms with Gasteiger partial charge in [-0.05, 0) is 0 Å². The highest BCUT2D eigenvalue weighted by Crippen LogP contribution is 2.07. The Morgan fingerprint density at radius 2 is 1.91 bits per heavy atom. The summed E-state index contributed by atoms with van der Waals surface area (Å²) < 4.78 is 23.6. The van der Waals surface area contributed by atoms with Crippen LogP contribution in [0.25, 0.3) is 0 Å². The van der Waals surface area contributed by atoms with Gasteiger partial charge in [0, 0.05) is 25.9 Å². The molecule has 1 heterocycles. The Morgan fingerprint density at radius 1 is 1.36 bits per heavy atom. The van der Waals surface area contributed by atoms with E-state index in [2.05, 4.69) is 0 Å². The zero-order valence-electron chi connectivity index (χ0n) is 6.22. The summed E-state index contributed by atoms with van der Waals surface area (Å²) in [4.78, 5) is 12.3. The molecule has 1 rings (SSSR count). The quantitative estimate of drug-likeness (QED) is 0.603. The van der Waals surface area contributed by atoms with Gasteiger partial charge >= 0.3 is 0 Å². The van der Waals surface area contributed by atoms with Crippen molar-refractivity contribution in [1.82, 2.24) is 4.90 Å². The van der Waals surface area contributed by atoms with Crippen molar-refractivity contribution in [2.75, 3.05) is 19.6 Å². The first-order valence-corrected chi connectivity index (χ1v) is 3.70. The number of Topliss-reactive ketones (excluding diaryl/α,β-unsaturated/α-hetero) is 1. The summed E-state index contributed by atoms with van der Waals surface area (Å²) in [5.41, 5.74) is 0. The van der Waals surface area contributed by atoms with Gasteiger partial charge in [-0.2, -0.15) is 0 Å². The van der Waals surface area contributed by atoms with Crippen LogP contribution in [0.1, 0.15) is 12.8 Å². The zero-order chi connectivity index (χ0) is 8.27. The van der Waals surface area contributed by atoms with Crippen molar-refractivity contribution in [3.63, 3.8) is 0 Å². The van der Waals surface area contributed by atoms with E-state index in [1.165, 1.54) is 0 Å². The Balaban J connectivity index is 2.22. The number of ketones is 1. The largest absolute Gasteiger partial charge is 0.300 e. The molecule has 1 fully saturated rings. The van der Waals surface area contributed by atoms with Crippen LogP contribution in [-0.2, 0) is 4.79 Å². The number of hydrogen-bond donors (Lipinski definition) is 0. The average Bonchev–Trinajstić information content (AvgIpc) is 1.93. The first-order chi connectivity index (χ1) is 5.18. The first-order valence-electron chi connectivity index (χ1n) is 3.70. The second-order valence-electron chi connectivity index (χ2n) is 2.73. The average molecular weight is 163 g/mol. The van der Waals surface area contributed by atoms with Crippen LogP contribution in [0.3, 0.4) is 0 Å². The molecule has 0 radical (unpaired) electrons. The Labute approximate surface area is 64.2 Å². The van der Waals surface area contributed by atoms with Crippen molar-refractivity contribution in [2.24, 2.45) is 0 Å². The molecule has 0 aliphatic carbocycles. The minimum absolute atomic E-state index is 0.187. The van der Waals surface area contributed by atoms with E-state index in [0.717, 1.165) is 0 Å². The Bertz CT molecular complexity index is 139. The van der Waals surface area contributed by atoms with Crippen molar-refractivity contribution < 1.29 is 13.6 Å². The lowest BCUT2D eigenvalue weighted by Gasteiger charge is -2.24. The molecule has 0 amide bonds. The molecule has 0 saturated carbocycles. The van der Waals surface area contributed by atoms with Crippen molar-refractivity contribution in [3.05, 3.63) is 0 Å². The first kappa shape index (κ1) is 8.59. The van der Waals surface area contributed by atoms with E-state index < -0.39 is 6.43 Å². The lowest BCUT2D eigenvalue weighted by atomic mass is 10.1. The van der Waals surface area contributed by atoms with Crippen LogP contribution in [-0.4, -0.2) is 36.7 Å². The van der Waals surface area contributed by atoms with Crippen LogP contribution in [0.15, 0.2) is 0 Å². The minimum atomic E-state index is -2.27. The molecule has 0 bridgehead atoms. The number of rotatable bonds is 2. The van der Waals surface area contributed by atoms with Crippen LogP contribution in [0, 0.1) is 0 Å². The Hall–Kier alpha value is -0.510. The molecule has 1 aliphatic rings. The molecule has 0 unspecified atom stereocenters. The molecular formula is C7H11F2NO. The zero-order valence-corrected chi connectivity index (χ0v) is 6.22. The van der Waals surface area contributed by atoms with E-state index in [1.54, 1.807) is 4.90 Å². The van der Waals surface area contributed by atoms with Gasteiger partial charge in [0.2, 0.25) is 0 Å².